The van der Waals surface area contributed by atoms with Gasteiger partial charge in [-0.25, -0.2) is 4.79 Å². The minimum Gasteiger partial charge on any atom is -0.550 e. The van der Waals surface area contributed by atoms with E-state index in [1.54, 1.807) is 12.1 Å². The Morgan fingerprint density at radius 3 is 1.78 bits per heavy atom. The Balaban J connectivity index is 0.00000961. The Labute approximate surface area is 207 Å². The molecule has 1 rings (SSSR count). The van der Waals surface area contributed by atoms with Crippen LogP contribution in [0.15, 0.2) is 24.3 Å². The molecule has 1 aromatic carbocycles. The van der Waals surface area contributed by atoms with Crippen LogP contribution in [-0.4, -0.2) is 48.2 Å². The molecule has 0 aliphatic carbocycles. The van der Waals surface area contributed by atoms with E-state index in [-0.39, 0.29) is 53.7 Å². The minimum atomic E-state index is -1.35. The normalized spacial score (nSPS) is 12.9. The maximum absolute atomic E-state index is 12.3. The monoisotopic (exact) mass is 460 g/mol. The topological polar surface area (TPSA) is 145 Å². The number of rotatable bonds is 11. The fraction of sp³-hybridized carbons (Fsp3) is 0.476. The van der Waals surface area contributed by atoms with Gasteiger partial charge in [-0.2, -0.15) is 0 Å². The quantitative estimate of drug-likeness (QED) is 0.156. The van der Waals surface area contributed by atoms with Crippen LogP contribution in [0.4, 0.5) is 0 Å². The average molecular weight is 460 g/mol. The maximum atomic E-state index is 12.3. The zero-order valence-electron chi connectivity index (χ0n) is 18.7. The van der Waals surface area contributed by atoms with Gasteiger partial charge in [0.2, 0.25) is 0 Å². The van der Waals surface area contributed by atoms with Crippen LogP contribution >= 0.6 is 0 Å². The number of carbonyl (C=O) groups excluding carboxylic acids is 5. The van der Waals surface area contributed by atoms with E-state index >= 15 is 0 Å². The number of ether oxygens (including phenoxy) is 4. The van der Waals surface area contributed by atoms with Gasteiger partial charge in [-0.1, -0.05) is 12.1 Å². The molecule has 0 spiro atoms. The van der Waals surface area contributed by atoms with Crippen molar-refractivity contribution in [2.45, 2.75) is 65.3 Å². The summed E-state index contributed by atoms with van der Waals surface area (Å²) in [5.41, 5.74) is 0.0275. The van der Waals surface area contributed by atoms with Gasteiger partial charge in [0.25, 0.3) is 0 Å². The van der Waals surface area contributed by atoms with Crippen molar-refractivity contribution in [3.63, 3.8) is 0 Å². The molecule has 1 aromatic rings. The number of carboxylic acids is 1. The van der Waals surface area contributed by atoms with Crippen molar-refractivity contribution < 1.29 is 77.6 Å². The number of carbonyl (C=O) groups is 5. The van der Waals surface area contributed by atoms with Crippen molar-refractivity contribution in [3.05, 3.63) is 29.8 Å². The van der Waals surface area contributed by atoms with Gasteiger partial charge >= 0.3 is 53.4 Å². The molecule has 0 aliphatic heterocycles. The Hall–Kier alpha value is -2.43. The summed E-state index contributed by atoms with van der Waals surface area (Å²) in [6.07, 6.45) is -3.54. The van der Waals surface area contributed by atoms with Crippen LogP contribution in [0.1, 0.15) is 57.3 Å². The van der Waals surface area contributed by atoms with Gasteiger partial charge in [0, 0.05) is 19.3 Å². The van der Waals surface area contributed by atoms with Crippen LogP contribution in [0.3, 0.4) is 0 Å². The number of esters is 4. The zero-order chi connectivity index (χ0) is 23.6. The molecule has 170 valence electrons. The SMILES string of the molecule is CC(=O)Oc1ccccc1C(=O)O[C@@H](C)CC(=O)O[C@@H](C)CC(=O)O[C@@H](C)CC(=O)[O-].[Na+]. The number of carboxylic acid groups (broad SMARTS) is 1. The summed E-state index contributed by atoms with van der Waals surface area (Å²) >= 11 is 0. The third-order valence-electron chi connectivity index (χ3n) is 3.70. The van der Waals surface area contributed by atoms with E-state index in [1.807, 2.05) is 0 Å². The molecule has 0 saturated heterocycles. The summed E-state index contributed by atoms with van der Waals surface area (Å²) in [4.78, 5) is 57.7. The molecule has 0 saturated carbocycles. The molecule has 0 aliphatic rings. The Kier molecular flexibility index (Phi) is 13.5. The molecule has 0 radical (unpaired) electrons. The molecular formula is C21H25NaO10. The molecule has 0 N–H and O–H groups in total. The van der Waals surface area contributed by atoms with Gasteiger partial charge in [0.05, 0.1) is 12.8 Å². The number of hydrogen-bond acceptors (Lipinski definition) is 10. The third kappa shape index (κ3) is 11.8. The van der Waals surface area contributed by atoms with Crippen LogP contribution in [-0.2, 0) is 33.4 Å². The summed E-state index contributed by atoms with van der Waals surface area (Å²) in [7, 11) is 0. The number of para-hydroxylation sites is 1. The first-order valence-electron chi connectivity index (χ1n) is 9.55. The molecule has 10 nitrogen and oxygen atoms in total. The predicted octanol–water partition coefficient (Wildman–Crippen LogP) is -2.06. The van der Waals surface area contributed by atoms with Crippen molar-refractivity contribution in [2.75, 3.05) is 0 Å². The molecule has 32 heavy (non-hydrogen) atoms. The first kappa shape index (κ1) is 29.6. The number of hydrogen-bond donors (Lipinski definition) is 0. The molecular weight excluding hydrogens is 435 g/mol. The van der Waals surface area contributed by atoms with Gasteiger partial charge in [-0.3, -0.25) is 14.4 Å². The van der Waals surface area contributed by atoms with E-state index in [0.29, 0.717) is 0 Å². The standard InChI is InChI=1S/C21H26O10.Na/c1-12(9-18(23)24)28-19(25)10-13(2)29-20(26)11-14(3)30-21(27)16-7-5-6-8-17(16)31-15(4)22;/h5-8,12-14H,9-11H2,1-4H3,(H,23,24);/q;+1/p-1/t12-,13-,14-;/m0./s1. The number of benzene rings is 1. The van der Waals surface area contributed by atoms with E-state index < -0.39 is 54.6 Å². The van der Waals surface area contributed by atoms with E-state index in [4.69, 9.17) is 18.9 Å². The summed E-state index contributed by atoms with van der Waals surface area (Å²) in [5, 5.41) is 10.5. The average Bonchev–Trinajstić information content (AvgIpc) is 2.59. The molecule has 0 bridgehead atoms. The van der Waals surface area contributed by atoms with Crippen molar-refractivity contribution in [3.8, 4) is 5.75 Å². The van der Waals surface area contributed by atoms with Crippen LogP contribution in [0, 0.1) is 0 Å². The first-order chi connectivity index (χ1) is 14.5. The fourth-order valence-electron chi connectivity index (χ4n) is 2.50. The second-order valence-corrected chi connectivity index (χ2v) is 6.89. The second kappa shape index (κ2) is 14.6. The van der Waals surface area contributed by atoms with E-state index in [1.165, 1.54) is 39.8 Å². The first-order valence-corrected chi connectivity index (χ1v) is 9.55. The molecule has 3 atom stereocenters. The Bertz CT molecular complexity index is 823. The van der Waals surface area contributed by atoms with Crippen molar-refractivity contribution in [2.24, 2.45) is 0 Å². The van der Waals surface area contributed by atoms with Crippen molar-refractivity contribution >= 4 is 29.8 Å². The fourth-order valence-corrected chi connectivity index (χ4v) is 2.50. The van der Waals surface area contributed by atoms with Crippen molar-refractivity contribution in [1.29, 1.82) is 0 Å². The van der Waals surface area contributed by atoms with Crippen LogP contribution in [0.2, 0.25) is 0 Å². The summed E-state index contributed by atoms with van der Waals surface area (Å²) in [5.74, 6) is -4.13. The molecule has 0 amide bonds. The smallest absolute Gasteiger partial charge is 0.550 e. The maximum Gasteiger partial charge on any atom is 1.00 e. The summed E-state index contributed by atoms with van der Waals surface area (Å²) in [6, 6.07) is 6.00. The molecule has 0 aromatic heterocycles. The second-order valence-electron chi connectivity index (χ2n) is 6.89. The largest absolute Gasteiger partial charge is 1.00 e. The van der Waals surface area contributed by atoms with Gasteiger partial charge in [0.15, 0.2) is 0 Å². The van der Waals surface area contributed by atoms with Crippen LogP contribution < -0.4 is 39.4 Å². The van der Waals surface area contributed by atoms with E-state index in [0.717, 1.165) is 0 Å². The van der Waals surface area contributed by atoms with Crippen molar-refractivity contribution in [1.82, 2.24) is 0 Å². The van der Waals surface area contributed by atoms with Crippen LogP contribution in [0.25, 0.3) is 0 Å². The Morgan fingerprint density at radius 2 is 1.28 bits per heavy atom. The number of aliphatic carboxylic acids is 1. The summed E-state index contributed by atoms with van der Waals surface area (Å²) < 4.78 is 20.1. The van der Waals surface area contributed by atoms with Crippen LogP contribution in [0.5, 0.6) is 5.75 Å². The molecule has 0 unspecified atom stereocenters. The molecule has 0 fully saturated rings. The summed E-state index contributed by atoms with van der Waals surface area (Å²) in [6.45, 7) is 5.55. The van der Waals surface area contributed by atoms with Gasteiger partial charge in [0.1, 0.15) is 29.6 Å². The molecule has 11 heteroatoms. The predicted molar refractivity (Wildman–Crippen MR) is 103 cm³/mol. The molecule has 0 heterocycles. The third-order valence-corrected chi connectivity index (χ3v) is 3.70. The van der Waals surface area contributed by atoms with Gasteiger partial charge in [-0.05, 0) is 32.9 Å². The zero-order valence-corrected chi connectivity index (χ0v) is 20.7. The van der Waals surface area contributed by atoms with E-state index in [9.17, 15) is 29.1 Å². The van der Waals surface area contributed by atoms with Gasteiger partial charge < -0.3 is 28.8 Å². The van der Waals surface area contributed by atoms with E-state index in [2.05, 4.69) is 0 Å². The van der Waals surface area contributed by atoms with Gasteiger partial charge in [-0.15, -0.1) is 0 Å². The minimum absolute atomic E-state index is 0. The Morgan fingerprint density at radius 1 is 0.812 bits per heavy atom.